The van der Waals surface area contributed by atoms with Crippen LogP contribution in [0.25, 0.3) is 10.9 Å². The van der Waals surface area contributed by atoms with Crippen LogP contribution in [-0.2, 0) is 6.54 Å². The number of amides is 1. The number of nitrogens with two attached hydrogens (primary N) is 1. The molecule has 0 saturated heterocycles. The Morgan fingerprint density at radius 2 is 1.89 bits per heavy atom. The van der Waals surface area contributed by atoms with Gasteiger partial charge in [0.1, 0.15) is 23.1 Å². The predicted molar refractivity (Wildman–Crippen MR) is 138 cm³/mol. The molecule has 35 heavy (non-hydrogen) atoms. The number of aromatic nitrogens is 1. The van der Waals surface area contributed by atoms with Crippen molar-refractivity contribution in [2.75, 3.05) is 12.4 Å². The van der Waals surface area contributed by atoms with Crippen molar-refractivity contribution in [1.82, 2.24) is 10.3 Å². The van der Waals surface area contributed by atoms with Crippen molar-refractivity contribution in [3.05, 3.63) is 88.8 Å². The first kappa shape index (κ1) is 24.2. The molecule has 178 valence electrons. The summed E-state index contributed by atoms with van der Waals surface area (Å²) in [5.74, 6) is 0.345. The van der Waals surface area contributed by atoms with Crippen LogP contribution in [-0.4, -0.2) is 23.1 Å². The zero-order valence-corrected chi connectivity index (χ0v) is 20.0. The number of rotatable bonds is 7. The van der Waals surface area contributed by atoms with E-state index in [1.165, 1.54) is 19.2 Å². The van der Waals surface area contributed by atoms with Crippen molar-refractivity contribution in [1.29, 1.82) is 0 Å². The SMILES string of the molecule is COc1cc2nccc(Oc3ccc(NC(=S)NCc4ccc(F)cc4)c(Cl)c3)c2cc1C(N)=O. The van der Waals surface area contributed by atoms with Crippen LogP contribution in [0, 0.1) is 5.82 Å². The Labute approximate surface area is 211 Å². The molecule has 0 aliphatic carbocycles. The van der Waals surface area contributed by atoms with E-state index in [4.69, 9.17) is 39.0 Å². The van der Waals surface area contributed by atoms with Gasteiger partial charge in [-0.2, -0.15) is 0 Å². The number of hydrogen-bond acceptors (Lipinski definition) is 5. The molecule has 4 aromatic rings. The van der Waals surface area contributed by atoms with E-state index < -0.39 is 5.91 Å². The van der Waals surface area contributed by atoms with E-state index in [1.807, 2.05) is 0 Å². The fraction of sp³-hybridized carbons (Fsp3) is 0.0800. The minimum atomic E-state index is -0.624. The van der Waals surface area contributed by atoms with Crippen LogP contribution >= 0.6 is 23.8 Å². The number of carbonyl (C=O) groups is 1. The number of nitrogens with zero attached hydrogens (tertiary/aromatic N) is 1. The van der Waals surface area contributed by atoms with Crippen molar-refractivity contribution < 1.29 is 18.7 Å². The average molecular weight is 511 g/mol. The summed E-state index contributed by atoms with van der Waals surface area (Å²) in [6, 6.07) is 16.1. The molecule has 0 atom stereocenters. The summed E-state index contributed by atoms with van der Waals surface area (Å²) in [4.78, 5) is 16.1. The number of halogens is 2. The van der Waals surface area contributed by atoms with E-state index in [0.717, 1.165) is 5.56 Å². The summed E-state index contributed by atoms with van der Waals surface area (Å²) in [6.07, 6.45) is 1.59. The van der Waals surface area contributed by atoms with E-state index in [0.29, 0.717) is 50.5 Å². The summed E-state index contributed by atoms with van der Waals surface area (Å²) >= 11 is 11.8. The molecule has 1 heterocycles. The summed E-state index contributed by atoms with van der Waals surface area (Å²) in [6.45, 7) is 0.429. The Morgan fingerprint density at radius 3 is 2.57 bits per heavy atom. The van der Waals surface area contributed by atoms with Crippen molar-refractivity contribution in [2.45, 2.75) is 6.54 Å². The highest BCUT2D eigenvalue weighted by atomic mass is 35.5. The van der Waals surface area contributed by atoms with Crippen LogP contribution in [0.4, 0.5) is 10.1 Å². The van der Waals surface area contributed by atoms with Gasteiger partial charge in [0.2, 0.25) is 0 Å². The summed E-state index contributed by atoms with van der Waals surface area (Å²) in [7, 11) is 1.45. The van der Waals surface area contributed by atoms with Crippen LogP contribution in [0.5, 0.6) is 17.2 Å². The zero-order chi connectivity index (χ0) is 24.9. The number of thiocarbonyl (C=S) groups is 1. The van der Waals surface area contributed by atoms with Crippen LogP contribution in [0.3, 0.4) is 0 Å². The molecule has 0 aliphatic rings. The van der Waals surface area contributed by atoms with Gasteiger partial charge in [0.05, 0.1) is 28.9 Å². The maximum Gasteiger partial charge on any atom is 0.252 e. The third kappa shape index (κ3) is 5.76. The van der Waals surface area contributed by atoms with E-state index >= 15 is 0 Å². The van der Waals surface area contributed by atoms with E-state index in [9.17, 15) is 9.18 Å². The maximum absolute atomic E-state index is 13.0. The van der Waals surface area contributed by atoms with Crippen LogP contribution in [0.2, 0.25) is 5.02 Å². The van der Waals surface area contributed by atoms with Gasteiger partial charge in [0.25, 0.3) is 5.91 Å². The molecule has 10 heteroatoms. The predicted octanol–water partition coefficient (Wildman–Crippen LogP) is 5.41. The second kappa shape index (κ2) is 10.5. The molecule has 0 aliphatic heterocycles. The van der Waals surface area contributed by atoms with Crippen LogP contribution < -0.4 is 25.8 Å². The van der Waals surface area contributed by atoms with E-state index in [1.54, 1.807) is 54.7 Å². The molecule has 1 aromatic heterocycles. The number of methoxy groups -OCH3 is 1. The molecule has 0 bridgehead atoms. The lowest BCUT2D eigenvalue weighted by molar-refractivity contribution is 0.0997. The number of carbonyl (C=O) groups excluding carboxylic acids is 1. The van der Waals surface area contributed by atoms with Crippen molar-refractivity contribution in [3.63, 3.8) is 0 Å². The normalized spacial score (nSPS) is 10.6. The third-order valence-corrected chi connectivity index (χ3v) is 5.63. The van der Waals surface area contributed by atoms with Gasteiger partial charge in [0.15, 0.2) is 5.11 Å². The second-order valence-corrected chi connectivity index (χ2v) is 8.24. The van der Waals surface area contributed by atoms with Gasteiger partial charge in [0, 0.05) is 30.3 Å². The van der Waals surface area contributed by atoms with Crippen molar-refractivity contribution >= 4 is 51.4 Å². The minimum absolute atomic E-state index is 0.220. The maximum atomic E-state index is 13.0. The molecule has 0 radical (unpaired) electrons. The van der Waals surface area contributed by atoms with Gasteiger partial charge in [-0.1, -0.05) is 23.7 Å². The van der Waals surface area contributed by atoms with Crippen molar-refractivity contribution in [3.8, 4) is 17.2 Å². The van der Waals surface area contributed by atoms with Crippen LogP contribution in [0.1, 0.15) is 15.9 Å². The van der Waals surface area contributed by atoms with Crippen molar-refractivity contribution in [2.24, 2.45) is 5.73 Å². The Kier molecular flexibility index (Phi) is 7.28. The highest BCUT2D eigenvalue weighted by molar-refractivity contribution is 7.80. The molecule has 1 amide bonds. The standard InChI is InChI=1S/C25H20ClFN4O3S/c1-33-23-12-21-17(11-18(23)24(28)32)22(8-9-29-21)34-16-6-7-20(19(26)10-16)31-25(35)30-13-14-2-4-15(27)5-3-14/h2-12H,13H2,1H3,(H2,28,32)(H2,30,31,35). The first-order valence-corrected chi connectivity index (χ1v) is 11.2. The first-order valence-electron chi connectivity index (χ1n) is 10.4. The topological polar surface area (TPSA) is 98.5 Å². The number of benzene rings is 3. The number of anilines is 1. The molecule has 4 N–H and O–H groups in total. The second-order valence-electron chi connectivity index (χ2n) is 7.42. The Morgan fingerprint density at radius 1 is 1.11 bits per heavy atom. The molecular weight excluding hydrogens is 491 g/mol. The molecule has 0 fully saturated rings. The highest BCUT2D eigenvalue weighted by Crippen LogP contribution is 2.35. The quantitative estimate of drug-likeness (QED) is 0.286. The molecule has 4 rings (SSSR count). The molecule has 0 spiro atoms. The van der Waals surface area contributed by atoms with Gasteiger partial charge in [-0.05, 0) is 54.2 Å². The fourth-order valence-corrected chi connectivity index (χ4v) is 3.74. The van der Waals surface area contributed by atoms with E-state index in [-0.39, 0.29) is 11.4 Å². The molecule has 0 saturated carbocycles. The lowest BCUT2D eigenvalue weighted by Gasteiger charge is -2.14. The lowest BCUT2D eigenvalue weighted by atomic mass is 10.1. The highest BCUT2D eigenvalue weighted by Gasteiger charge is 2.15. The monoisotopic (exact) mass is 510 g/mol. The molecule has 0 unspecified atom stereocenters. The molecular formula is C25H20ClFN4O3S. The van der Waals surface area contributed by atoms with Crippen LogP contribution in [0.15, 0.2) is 66.9 Å². The Hall–Kier alpha value is -3.95. The number of fused-ring (bicyclic) bond motifs is 1. The van der Waals surface area contributed by atoms with Gasteiger partial charge in [-0.25, -0.2) is 4.39 Å². The first-order chi connectivity index (χ1) is 16.8. The smallest absolute Gasteiger partial charge is 0.252 e. The van der Waals surface area contributed by atoms with Gasteiger partial charge >= 0.3 is 0 Å². The number of ether oxygens (including phenoxy) is 2. The number of primary amides is 1. The van der Waals surface area contributed by atoms with Gasteiger partial charge < -0.3 is 25.8 Å². The van der Waals surface area contributed by atoms with Gasteiger partial charge in [-0.3, -0.25) is 9.78 Å². The number of hydrogen-bond donors (Lipinski definition) is 3. The van der Waals surface area contributed by atoms with E-state index in [2.05, 4.69) is 15.6 Å². The molecule has 7 nitrogen and oxygen atoms in total. The summed E-state index contributed by atoms with van der Waals surface area (Å²) < 4.78 is 24.3. The average Bonchev–Trinajstić information content (AvgIpc) is 2.84. The minimum Gasteiger partial charge on any atom is -0.496 e. The largest absolute Gasteiger partial charge is 0.496 e. The zero-order valence-electron chi connectivity index (χ0n) is 18.5. The third-order valence-electron chi connectivity index (χ3n) is 5.07. The lowest BCUT2D eigenvalue weighted by Crippen LogP contribution is -2.27. The van der Waals surface area contributed by atoms with Gasteiger partial charge in [-0.15, -0.1) is 0 Å². The Bertz CT molecular complexity index is 1420. The number of nitrogens with one attached hydrogen (secondary N) is 2. The number of pyridine rings is 1. The molecule has 3 aromatic carbocycles. The summed E-state index contributed by atoms with van der Waals surface area (Å²) in [5, 5.41) is 7.40. The Balaban J connectivity index is 1.48. The fourth-order valence-electron chi connectivity index (χ4n) is 3.34. The summed E-state index contributed by atoms with van der Waals surface area (Å²) in [5.41, 5.74) is 7.74.